The van der Waals surface area contributed by atoms with E-state index in [1.54, 1.807) is 0 Å². The largest absolute Gasteiger partial charge is 0.378 e. The Balaban J connectivity index is 1.55. The lowest BCUT2D eigenvalue weighted by atomic mass is 10.2. The van der Waals surface area contributed by atoms with Crippen molar-refractivity contribution in [2.75, 3.05) is 36.5 Å². The van der Waals surface area contributed by atoms with Gasteiger partial charge in [0.25, 0.3) is 5.91 Å². The van der Waals surface area contributed by atoms with E-state index in [1.807, 2.05) is 38.1 Å². The van der Waals surface area contributed by atoms with Crippen molar-refractivity contribution in [3.8, 4) is 0 Å². The number of hydrogen-bond acceptors (Lipinski definition) is 6. The average Bonchev–Trinajstić information content (AvgIpc) is 3.04. The number of aryl methyl sites for hydroxylation is 2. The summed E-state index contributed by atoms with van der Waals surface area (Å²) in [4.78, 5) is 19.6. The number of carbonyl (C=O) groups excluding carboxylic acids is 1. The molecule has 9 heteroatoms. The van der Waals surface area contributed by atoms with Gasteiger partial charge in [0.15, 0.2) is 10.2 Å². The number of amides is 1. The number of morpholine rings is 1. The van der Waals surface area contributed by atoms with Crippen molar-refractivity contribution >= 4 is 45.4 Å². The molecule has 0 saturated carbocycles. The van der Waals surface area contributed by atoms with Crippen molar-refractivity contribution in [1.82, 2.24) is 15.8 Å². The van der Waals surface area contributed by atoms with Gasteiger partial charge in [-0.1, -0.05) is 29.0 Å². The van der Waals surface area contributed by atoms with Crippen LogP contribution in [0.25, 0.3) is 0 Å². The van der Waals surface area contributed by atoms with Crippen LogP contribution in [0.2, 0.25) is 0 Å². The molecule has 2 aromatic rings. The van der Waals surface area contributed by atoms with Crippen molar-refractivity contribution in [3.05, 3.63) is 40.4 Å². The molecule has 1 aromatic carbocycles. The van der Waals surface area contributed by atoms with Gasteiger partial charge in [-0.2, -0.15) is 0 Å². The zero-order valence-electron chi connectivity index (χ0n) is 14.7. The highest BCUT2D eigenvalue weighted by molar-refractivity contribution is 7.80. The quantitative estimate of drug-likeness (QED) is 0.547. The number of benzene rings is 1. The van der Waals surface area contributed by atoms with Gasteiger partial charge in [0.05, 0.1) is 18.9 Å². The second-order valence-corrected chi connectivity index (χ2v) is 7.30. The van der Waals surface area contributed by atoms with Crippen molar-refractivity contribution < 1.29 is 9.53 Å². The Kier molecular flexibility index (Phi) is 6.02. The van der Waals surface area contributed by atoms with Gasteiger partial charge in [-0.15, -0.1) is 0 Å². The number of carbonyl (C=O) groups is 1. The Morgan fingerprint density at radius 3 is 2.58 bits per heavy atom. The third-order valence-electron chi connectivity index (χ3n) is 3.87. The number of aromatic nitrogens is 1. The molecule has 1 saturated heterocycles. The van der Waals surface area contributed by atoms with Crippen LogP contribution in [0.3, 0.4) is 0 Å². The van der Waals surface area contributed by atoms with Crippen LogP contribution >= 0.6 is 23.6 Å². The second kappa shape index (κ2) is 8.43. The van der Waals surface area contributed by atoms with Crippen LogP contribution in [0.4, 0.5) is 10.8 Å². The minimum absolute atomic E-state index is 0.257. The molecule has 1 aliphatic heterocycles. The highest BCUT2D eigenvalue weighted by atomic mass is 32.1. The van der Waals surface area contributed by atoms with Gasteiger partial charge in [0.2, 0.25) is 0 Å². The molecule has 1 fully saturated rings. The van der Waals surface area contributed by atoms with Gasteiger partial charge in [0.1, 0.15) is 4.88 Å². The molecule has 1 aliphatic rings. The number of nitrogens with one attached hydrogen (secondary N) is 3. The minimum Gasteiger partial charge on any atom is -0.378 e. The van der Waals surface area contributed by atoms with Gasteiger partial charge < -0.3 is 15.0 Å². The number of ether oxygens (including phenoxy) is 1. The van der Waals surface area contributed by atoms with Crippen molar-refractivity contribution in [3.63, 3.8) is 0 Å². The fourth-order valence-electron chi connectivity index (χ4n) is 2.45. The molecule has 1 aromatic heterocycles. The average molecular weight is 392 g/mol. The number of thiocarbonyl (C=S) groups is 1. The number of hydrogen-bond donors (Lipinski definition) is 3. The first kappa shape index (κ1) is 18.6. The van der Waals surface area contributed by atoms with Gasteiger partial charge >= 0.3 is 0 Å². The first-order valence-electron chi connectivity index (χ1n) is 8.27. The van der Waals surface area contributed by atoms with Crippen molar-refractivity contribution in [1.29, 1.82) is 0 Å². The third kappa shape index (κ3) is 4.69. The minimum atomic E-state index is -0.257. The van der Waals surface area contributed by atoms with Crippen molar-refractivity contribution in [2.45, 2.75) is 13.8 Å². The molecule has 0 atom stereocenters. The Morgan fingerprint density at radius 2 is 1.88 bits per heavy atom. The summed E-state index contributed by atoms with van der Waals surface area (Å²) in [6.45, 7) is 6.79. The molecule has 3 N–H and O–H groups in total. The van der Waals surface area contributed by atoms with Gasteiger partial charge in [0, 0.05) is 18.8 Å². The number of anilines is 2. The van der Waals surface area contributed by atoms with Gasteiger partial charge in [-0.05, 0) is 38.2 Å². The molecule has 0 aliphatic carbocycles. The number of nitrogens with zero attached hydrogens (tertiary/aromatic N) is 2. The summed E-state index contributed by atoms with van der Waals surface area (Å²) in [5, 5.41) is 4.18. The molecule has 26 heavy (non-hydrogen) atoms. The van der Waals surface area contributed by atoms with E-state index in [-0.39, 0.29) is 5.91 Å². The van der Waals surface area contributed by atoms with Crippen LogP contribution in [0.5, 0.6) is 0 Å². The normalized spacial score (nSPS) is 14.0. The maximum absolute atomic E-state index is 12.4. The molecule has 7 nitrogen and oxygen atoms in total. The lowest BCUT2D eigenvalue weighted by molar-refractivity contribution is 0.0947. The smallest absolute Gasteiger partial charge is 0.281 e. The maximum atomic E-state index is 12.4. The molecule has 138 valence electrons. The summed E-state index contributed by atoms with van der Waals surface area (Å²) < 4.78 is 5.35. The molecule has 1 amide bonds. The first-order chi connectivity index (χ1) is 12.5. The van der Waals surface area contributed by atoms with E-state index in [0.29, 0.717) is 28.9 Å². The molecular weight excluding hydrogens is 370 g/mol. The zero-order chi connectivity index (χ0) is 18.5. The van der Waals surface area contributed by atoms with E-state index in [1.165, 1.54) is 16.9 Å². The van der Waals surface area contributed by atoms with E-state index < -0.39 is 0 Å². The molecule has 0 radical (unpaired) electrons. The Hall–Kier alpha value is -2.23. The van der Waals surface area contributed by atoms with Crippen LogP contribution in [0.1, 0.15) is 20.9 Å². The fourth-order valence-corrected chi connectivity index (χ4v) is 3.64. The van der Waals surface area contributed by atoms with Crippen LogP contribution < -0.4 is 21.1 Å². The van der Waals surface area contributed by atoms with Crippen molar-refractivity contribution in [2.24, 2.45) is 0 Å². The van der Waals surface area contributed by atoms with E-state index in [2.05, 4.69) is 26.1 Å². The van der Waals surface area contributed by atoms with Crippen LogP contribution in [0, 0.1) is 13.8 Å². The van der Waals surface area contributed by atoms with Gasteiger partial charge in [-0.25, -0.2) is 4.98 Å². The predicted molar refractivity (Wildman–Crippen MR) is 108 cm³/mol. The highest BCUT2D eigenvalue weighted by Gasteiger charge is 2.20. The van der Waals surface area contributed by atoms with Crippen LogP contribution in [-0.4, -0.2) is 42.3 Å². The molecule has 0 bridgehead atoms. The second-order valence-electron chi connectivity index (χ2n) is 5.91. The summed E-state index contributed by atoms with van der Waals surface area (Å²) in [5.41, 5.74) is 8.07. The monoisotopic (exact) mass is 391 g/mol. The first-order valence-corrected chi connectivity index (χ1v) is 9.49. The summed E-state index contributed by atoms with van der Waals surface area (Å²) >= 11 is 6.58. The Labute approximate surface area is 161 Å². The summed E-state index contributed by atoms with van der Waals surface area (Å²) in [6, 6.07) is 7.81. The lowest BCUT2D eigenvalue weighted by Crippen LogP contribution is -2.43. The van der Waals surface area contributed by atoms with Crippen LogP contribution in [0.15, 0.2) is 24.3 Å². The predicted octanol–water partition coefficient (Wildman–Crippen LogP) is 2.23. The maximum Gasteiger partial charge on any atom is 0.281 e. The SMILES string of the molecule is Cc1ccc(NC(=S)NNC(=O)c2sc(N3CCOCC3)nc2C)cc1. The van der Waals surface area contributed by atoms with E-state index >= 15 is 0 Å². The molecule has 2 heterocycles. The summed E-state index contributed by atoms with van der Waals surface area (Å²) in [6.07, 6.45) is 0. The topological polar surface area (TPSA) is 78.5 Å². The Bertz CT molecular complexity index is 785. The van der Waals surface area contributed by atoms with E-state index in [9.17, 15) is 4.79 Å². The van der Waals surface area contributed by atoms with E-state index in [0.717, 1.165) is 23.9 Å². The Morgan fingerprint density at radius 1 is 1.19 bits per heavy atom. The van der Waals surface area contributed by atoms with Gasteiger partial charge in [-0.3, -0.25) is 15.6 Å². The zero-order valence-corrected chi connectivity index (χ0v) is 16.3. The number of rotatable bonds is 3. The van der Waals surface area contributed by atoms with Crippen LogP contribution in [-0.2, 0) is 4.74 Å². The molecule has 0 spiro atoms. The lowest BCUT2D eigenvalue weighted by Gasteiger charge is -2.25. The summed E-state index contributed by atoms with van der Waals surface area (Å²) in [5.74, 6) is -0.257. The molecule has 3 rings (SSSR count). The van der Waals surface area contributed by atoms with E-state index in [4.69, 9.17) is 17.0 Å². The standard InChI is InChI=1S/C17H21N5O2S2/c1-11-3-5-13(6-4-11)19-16(25)21-20-15(23)14-12(2)18-17(26-14)22-7-9-24-10-8-22/h3-6H,7-10H2,1-2H3,(H,20,23)(H2,19,21,25). The summed E-state index contributed by atoms with van der Waals surface area (Å²) in [7, 11) is 0. The number of thiazole rings is 1. The highest BCUT2D eigenvalue weighted by Crippen LogP contribution is 2.26. The third-order valence-corrected chi connectivity index (χ3v) is 5.29. The fraction of sp³-hybridized carbons (Fsp3) is 0.353. The molecule has 0 unspecified atom stereocenters. The molecular formula is C17H21N5O2S2. The number of hydrazine groups is 1.